The molecule has 3 aromatic rings. The average Bonchev–Trinajstić information content (AvgIpc) is 3.19. The fourth-order valence-electron chi connectivity index (χ4n) is 3.21. The number of para-hydroxylation sites is 1. The maximum Gasteiger partial charge on any atom is 0.321 e. The molecule has 6 nitrogen and oxygen atoms in total. The van der Waals surface area contributed by atoms with E-state index in [0.29, 0.717) is 36.7 Å². The SMILES string of the molecule is O=C(Nc1ccc(N2CCNC2=O)cc1)c1ccccc1OCc1cccc(Br)c1. The summed E-state index contributed by atoms with van der Waals surface area (Å²) in [5.41, 5.74) is 2.89. The van der Waals surface area contributed by atoms with Crippen molar-refractivity contribution in [3.8, 4) is 5.75 Å². The molecule has 1 fully saturated rings. The number of halogens is 1. The number of hydrogen-bond acceptors (Lipinski definition) is 3. The van der Waals surface area contributed by atoms with Crippen LogP contribution in [0.2, 0.25) is 0 Å². The van der Waals surface area contributed by atoms with Crippen LogP contribution in [0.5, 0.6) is 5.75 Å². The number of nitrogens with zero attached hydrogens (tertiary/aromatic N) is 1. The van der Waals surface area contributed by atoms with E-state index >= 15 is 0 Å². The van der Waals surface area contributed by atoms with Gasteiger partial charge in [0.15, 0.2) is 0 Å². The molecule has 3 amide bonds. The van der Waals surface area contributed by atoms with Crippen LogP contribution in [0.3, 0.4) is 0 Å². The largest absolute Gasteiger partial charge is 0.488 e. The zero-order chi connectivity index (χ0) is 20.9. The molecule has 4 rings (SSSR count). The Balaban J connectivity index is 1.44. The van der Waals surface area contributed by atoms with E-state index < -0.39 is 0 Å². The number of anilines is 2. The summed E-state index contributed by atoms with van der Waals surface area (Å²) in [4.78, 5) is 26.3. The van der Waals surface area contributed by atoms with Gasteiger partial charge in [-0.25, -0.2) is 4.79 Å². The number of urea groups is 1. The zero-order valence-electron chi connectivity index (χ0n) is 16.1. The van der Waals surface area contributed by atoms with Crippen LogP contribution in [-0.4, -0.2) is 25.0 Å². The summed E-state index contributed by atoms with van der Waals surface area (Å²) in [6.45, 7) is 1.62. The highest BCUT2D eigenvalue weighted by molar-refractivity contribution is 9.10. The first-order valence-electron chi connectivity index (χ1n) is 9.53. The second-order valence-electron chi connectivity index (χ2n) is 6.80. The van der Waals surface area contributed by atoms with Crippen LogP contribution in [-0.2, 0) is 6.61 Å². The van der Waals surface area contributed by atoms with Crippen LogP contribution < -0.4 is 20.3 Å². The molecule has 0 spiro atoms. The Morgan fingerprint density at radius 2 is 1.87 bits per heavy atom. The van der Waals surface area contributed by atoms with Crippen molar-refractivity contribution in [2.45, 2.75) is 6.61 Å². The third kappa shape index (κ3) is 4.63. The number of carbonyl (C=O) groups excluding carboxylic acids is 2. The van der Waals surface area contributed by atoms with E-state index in [9.17, 15) is 9.59 Å². The molecule has 0 aromatic heterocycles. The van der Waals surface area contributed by atoms with E-state index in [0.717, 1.165) is 15.7 Å². The van der Waals surface area contributed by atoms with E-state index in [1.807, 2.05) is 42.5 Å². The lowest BCUT2D eigenvalue weighted by atomic mass is 10.1. The van der Waals surface area contributed by atoms with Gasteiger partial charge in [-0.05, 0) is 54.1 Å². The molecular formula is C23H20BrN3O3. The van der Waals surface area contributed by atoms with Gasteiger partial charge in [-0.15, -0.1) is 0 Å². The fourth-order valence-corrected chi connectivity index (χ4v) is 3.66. The van der Waals surface area contributed by atoms with Gasteiger partial charge in [0.25, 0.3) is 5.91 Å². The van der Waals surface area contributed by atoms with Crippen LogP contribution >= 0.6 is 15.9 Å². The maximum atomic E-state index is 12.8. The minimum Gasteiger partial charge on any atom is -0.488 e. The van der Waals surface area contributed by atoms with Gasteiger partial charge in [0.1, 0.15) is 12.4 Å². The van der Waals surface area contributed by atoms with Crippen LogP contribution in [0.25, 0.3) is 0 Å². The van der Waals surface area contributed by atoms with Gasteiger partial charge in [0.05, 0.1) is 5.56 Å². The first-order chi connectivity index (χ1) is 14.6. The van der Waals surface area contributed by atoms with Gasteiger partial charge in [-0.1, -0.05) is 40.2 Å². The van der Waals surface area contributed by atoms with E-state index in [1.54, 1.807) is 35.2 Å². The molecule has 152 valence electrons. The van der Waals surface area contributed by atoms with Gasteiger partial charge in [-0.2, -0.15) is 0 Å². The third-order valence-electron chi connectivity index (χ3n) is 4.71. The van der Waals surface area contributed by atoms with E-state index in [-0.39, 0.29) is 11.9 Å². The minimum absolute atomic E-state index is 0.108. The number of rotatable bonds is 6. The van der Waals surface area contributed by atoms with Gasteiger partial charge < -0.3 is 15.4 Å². The first-order valence-corrected chi connectivity index (χ1v) is 10.3. The molecule has 0 aliphatic carbocycles. The Kier molecular flexibility index (Phi) is 5.99. The number of nitrogens with one attached hydrogen (secondary N) is 2. The Labute approximate surface area is 183 Å². The summed E-state index contributed by atoms with van der Waals surface area (Å²) in [7, 11) is 0. The summed E-state index contributed by atoms with van der Waals surface area (Å²) < 4.78 is 6.88. The highest BCUT2D eigenvalue weighted by atomic mass is 79.9. The van der Waals surface area contributed by atoms with Gasteiger partial charge >= 0.3 is 6.03 Å². The highest BCUT2D eigenvalue weighted by Crippen LogP contribution is 2.23. The van der Waals surface area contributed by atoms with E-state index in [1.165, 1.54) is 0 Å². The Morgan fingerprint density at radius 1 is 1.07 bits per heavy atom. The molecule has 0 bridgehead atoms. The molecule has 1 aliphatic heterocycles. The van der Waals surface area contributed by atoms with Crippen molar-refractivity contribution in [3.05, 3.63) is 88.4 Å². The Hall–Kier alpha value is -3.32. The molecular weight excluding hydrogens is 446 g/mol. The fraction of sp³-hybridized carbons (Fsp3) is 0.130. The maximum absolute atomic E-state index is 12.8. The van der Waals surface area contributed by atoms with E-state index in [4.69, 9.17) is 4.74 Å². The molecule has 0 unspecified atom stereocenters. The summed E-state index contributed by atoms with van der Waals surface area (Å²) in [6.07, 6.45) is 0. The lowest BCUT2D eigenvalue weighted by Crippen LogP contribution is -2.27. The van der Waals surface area contributed by atoms with Crippen molar-refractivity contribution in [1.82, 2.24) is 5.32 Å². The van der Waals surface area contributed by atoms with E-state index in [2.05, 4.69) is 26.6 Å². The number of hydrogen-bond donors (Lipinski definition) is 2. The summed E-state index contributed by atoms with van der Waals surface area (Å²) >= 11 is 3.45. The van der Waals surface area contributed by atoms with Crippen LogP contribution in [0.15, 0.2) is 77.3 Å². The molecule has 1 aliphatic rings. The smallest absolute Gasteiger partial charge is 0.321 e. The predicted octanol–water partition coefficient (Wildman–Crippen LogP) is 4.81. The number of ether oxygens (including phenoxy) is 1. The van der Waals surface area contributed by atoms with Crippen molar-refractivity contribution >= 4 is 39.2 Å². The summed E-state index contributed by atoms with van der Waals surface area (Å²) in [5, 5.41) is 5.66. The molecule has 7 heteroatoms. The minimum atomic E-state index is -0.258. The molecule has 0 radical (unpaired) electrons. The van der Waals surface area contributed by atoms with Crippen LogP contribution in [0.4, 0.5) is 16.2 Å². The number of amides is 3. The summed E-state index contributed by atoms with van der Waals surface area (Å²) in [6, 6.07) is 22.1. The summed E-state index contributed by atoms with van der Waals surface area (Å²) in [5.74, 6) is 0.256. The second-order valence-corrected chi connectivity index (χ2v) is 7.71. The first kappa shape index (κ1) is 20.0. The highest BCUT2D eigenvalue weighted by Gasteiger charge is 2.21. The quantitative estimate of drug-likeness (QED) is 0.548. The standard InChI is InChI=1S/C23H20BrN3O3/c24-17-5-3-4-16(14-17)15-30-21-7-2-1-6-20(21)22(28)26-18-8-10-19(11-9-18)27-13-12-25-23(27)29/h1-11,14H,12-13,15H2,(H,25,29)(H,26,28). The topological polar surface area (TPSA) is 70.7 Å². The van der Waals surface area contributed by atoms with Crippen molar-refractivity contribution in [2.75, 3.05) is 23.3 Å². The molecule has 30 heavy (non-hydrogen) atoms. The van der Waals surface area contributed by atoms with Gasteiger partial charge in [0, 0.05) is 28.9 Å². The number of carbonyl (C=O) groups is 2. The van der Waals surface area contributed by atoms with Crippen molar-refractivity contribution in [2.24, 2.45) is 0 Å². The average molecular weight is 466 g/mol. The zero-order valence-corrected chi connectivity index (χ0v) is 17.7. The van der Waals surface area contributed by atoms with Crippen molar-refractivity contribution < 1.29 is 14.3 Å². The molecule has 1 saturated heterocycles. The second kappa shape index (κ2) is 9.00. The molecule has 0 atom stereocenters. The third-order valence-corrected chi connectivity index (χ3v) is 5.20. The lowest BCUT2D eigenvalue weighted by Gasteiger charge is -2.15. The molecule has 3 aromatic carbocycles. The monoisotopic (exact) mass is 465 g/mol. The lowest BCUT2D eigenvalue weighted by molar-refractivity contribution is 0.102. The van der Waals surface area contributed by atoms with Crippen LogP contribution in [0, 0.1) is 0 Å². The normalized spacial score (nSPS) is 13.1. The molecule has 2 N–H and O–H groups in total. The van der Waals surface area contributed by atoms with Gasteiger partial charge in [-0.3, -0.25) is 9.69 Å². The van der Waals surface area contributed by atoms with Crippen molar-refractivity contribution in [1.29, 1.82) is 0 Å². The molecule has 0 saturated carbocycles. The number of benzene rings is 3. The van der Waals surface area contributed by atoms with Gasteiger partial charge in [0.2, 0.25) is 0 Å². The molecule has 1 heterocycles. The Bertz CT molecular complexity index is 1070. The predicted molar refractivity (Wildman–Crippen MR) is 120 cm³/mol. The van der Waals surface area contributed by atoms with Crippen LogP contribution in [0.1, 0.15) is 15.9 Å². The van der Waals surface area contributed by atoms with Crippen molar-refractivity contribution in [3.63, 3.8) is 0 Å². The Morgan fingerprint density at radius 3 is 2.60 bits per heavy atom.